The molecular formula is C17H18O3. The highest BCUT2D eigenvalue weighted by Crippen LogP contribution is 2.28. The second-order valence-corrected chi connectivity index (χ2v) is 4.66. The van der Waals surface area contributed by atoms with Gasteiger partial charge in [0, 0.05) is 12.0 Å². The third-order valence-corrected chi connectivity index (χ3v) is 3.15. The van der Waals surface area contributed by atoms with Crippen LogP contribution in [-0.4, -0.2) is 20.0 Å². The summed E-state index contributed by atoms with van der Waals surface area (Å²) in [4.78, 5) is 12.3. The van der Waals surface area contributed by atoms with Crippen LogP contribution in [0.4, 0.5) is 0 Å². The van der Waals surface area contributed by atoms with Crippen LogP contribution in [0.3, 0.4) is 0 Å². The zero-order valence-corrected chi connectivity index (χ0v) is 12.0. The van der Waals surface area contributed by atoms with Gasteiger partial charge in [-0.3, -0.25) is 4.79 Å². The quantitative estimate of drug-likeness (QED) is 0.781. The molecular weight excluding hydrogens is 252 g/mol. The lowest BCUT2D eigenvalue weighted by Crippen LogP contribution is -2.04. The van der Waals surface area contributed by atoms with Crippen molar-refractivity contribution in [1.82, 2.24) is 0 Å². The zero-order chi connectivity index (χ0) is 14.5. The largest absolute Gasteiger partial charge is 0.493 e. The summed E-state index contributed by atoms with van der Waals surface area (Å²) in [5.41, 5.74) is 2.80. The van der Waals surface area contributed by atoms with Gasteiger partial charge in [0.05, 0.1) is 14.2 Å². The van der Waals surface area contributed by atoms with E-state index >= 15 is 0 Å². The van der Waals surface area contributed by atoms with Crippen LogP contribution in [-0.2, 0) is 6.42 Å². The first-order chi connectivity index (χ1) is 9.63. The molecule has 0 radical (unpaired) electrons. The van der Waals surface area contributed by atoms with E-state index in [-0.39, 0.29) is 5.78 Å². The van der Waals surface area contributed by atoms with E-state index in [1.165, 1.54) is 0 Å². The second kappa shape index (κ2) is 6.24. The minimum atomic E-state index is 0.0663. The highest BCUT2D eigenvalue weighted by molar-refractivity contribution is 5.98. The van der Waals surface area contributed by atoms with Gasteiger partial charge in [-0.1, -0.05) is 29.8 Å². The summed E-state index contributed by atoms with van der Waals surface area (Å²) in [6.07, 6.45) is 0.386. The molecule has 2 aromatic rings. The molecule has 2 aromatic carbocycles. The van der Waals surface area contributed by atoms with Crippen LogP contribution in [0.1, 0.15) is 21.5 Å². The number of aryl methyl sites for hydroxylation is 1. The molecule has 0 aromatic heterocycles. The van der Waals surface area contributed by atoms with Crippen LogP contribution in [0.15, 0.2) is 42.5 Å². The summed E-state index contributed by atoms with van der Waals surface area (Å²) in [6.45, 7) is 2.02. The van der Waals surface area contributed by atoms with Crippen molar-refractivity contribution in [2.45, 2.75) is 13.3 Å². The van der Waals surface area contributed by atoms with E-state index in [0.717, 1.165) is 11.1 Å². The van der Waals surface area contributed by atoms with Crippen molar-refractivity contribution in [3.63, 3.8) is 0 Å². The molecule has 0 amide bonds. The van der Waals surface area contributed by atoms with Crippen molar-refractivity contribution in [2.75, 3.05) is 14.2 Å². The molecule has 0 fully saturated rings. The normalized spacial score (nSPS) is 10.2. The predicted octanol–water partition coefficient (Wildman–Crippen LogP) is 3.44. The van der Waals surface area contributed by atoms with Gasteiger partial charge in [-0.2, -0.15) is 0 Å². The van der Waals surface area contributed by atoms with Crippen molar-refractivity contribution >= 4 is 5.78 Å². The number of Topliss-reactive ketones (excluding diaryl/α,β-unsaturated/α-hetero) is 1. The van der Waals surface area contributed by atoms with Crippen molar-refractivity contribution in [3.8, 4) is 11.5 Å². The highest BCUT2D eigenvalue weighted by atomic mass is 16.5. The van der Waals surface area contributed by atoms with Crippen molar-refractivity contribution in [1.29, 1.82) is 0 Å². The Hall–Kier alpha value is -2.29. The Labute approximate surface area is 119 Å². The number of ether oxygens (including phenoxy) is 2. The molecule has 0 saturated heterocycles. The van der Waals surface area contributed by atoms with Crippen LogP contribution < -0.4 is 9.47 Å². The summed E-state index contributed by atoms with van der Waals surface area (Å²) in [7, 11) is 3.14. The third-order valence-electron chi connectivity index (χ3n) is 3.15. The summed E-state index contributed by atoms with van der Waals surface area (Å²) in [5, 5.41) is 0. The maximum Gasteiger partial charge on any atom is 0.167 e. The molecule has 2 rings (SSSR count). The van der Waals surface area contributed by atoms with Gasteiger partial charge >= 0.3 is 0 Å². The van der Waals surface area contributed by atoms with Gasteiger partial charge in [-0.25, -0.2) is 0 Å². The maximum atomic E-state index is 12.3. The summed E-state index contributed by atoms with van der Waals surface area (Å²) in [5.74, 6) is 1.26. The minimum Gasteiger partial charge on any atom is -0.493 e. The molecule has 3 nitrogen and oxygen atoms in total. The van der Waals surface area contributed by atoms with E-state index < -0.39 is 0 Å². The number of benzene rings is 2. The van der Waals surface area contributed by atoms with Crippen LogP contribution in [0, 0.1) is 6.92 Å². The van der Waals surface area contributed by atoms with E-state index in [1.54, 1.807) is 32.4 Å². The van der Waals surface area contributed by atoms with E-state index in [1.807, 2.05) is 31.2 Å². The lowest BCUT2D eigenvalue weighted by Gasteiger charge is -2.09. The molecule has 0 aliphatic carbocycles. The Morgan fingerprint density at radius 1 is 1.00 bits per heavy atom. The number of rotatable bonds is 5. The average Bonchev–Trinajstić information content (AvgIpc) is 2.46. The van der Waals surface area contributed by atoms with Gasteiger partial charge in [0.25, 0.3) is 0 Å². The van der Waals surface area contributed by atoms with Crippen LogP contribution in [0.2, 0.25) is 0 Å². The Kier molecular flexibility index (Phi) is 4.41. The summed E-state index contributed by atoms with van der Waals surface area (Å²) >= 11 is 0. The number of carbonyl (C=O) groups is 1. The Morgan fingerprint density at radius 3 is 2.40 bits per heavy atom. The van der Waals surface area contributed by atoms with E-state index in [4.69, 9.17) is 9.47 Å². The van der Waals surface area contributed by atoms with E-state index in [0.29, 0.717) is 23.5 Å². The Balaban J connectivity index is 2.21. The van der Waals surface area contributed by atoms with Crippen LogP contribution >= 0.6 is 0 Å². The average molecular weight is 270 g/mol. The lowest BCUT2D eigenvalue weighted by molar-refractivity contribution is 0.0992. The second-order valence-electron chi connectivity index (χ2n) is 4.66. The van der Waals surface area contributed by atoms with Gasteiger partial charge in [0.2, 0.25) is 0 Å². The fourth-order valence-electron chi connectivity index (χ4n) is 2.12. The van der Waals surface area contributed by atoms with Gasteiger partial charge < -0.3 is 9.47 Å². The SMILES string of the molecule is COc1ccc(C(=O)Cc2cccc(C)c2)cc1OC. The number of ketones is 1. The third kappa shape index (κ3) is 3.18. The molecule has 104 valence electrons. The highest BCUT2D eigenvalue weighted by Gasteiger charge is 2.11. The van der Waals surface area contributed by atoms with Crippen molar-refractivity contribution in [2.24, 2.45) is 0 Å². The monoisotopic (exact) mass is 270 g/mol. The Morgan fingerprint density at radius 2 is 1.75 bits per heavy atom. The van der Waals surface area contributed by atoms with Gasteiger partial charge in [0.1, 0.15) is 0 Å². The Bertz CT molecular complexity index is 617. The fraction of sp³-hybridized carbons (Fsp3) is 0.235. The molecule has 3 heteroatoms. The zero-order valence-electron chi connectivity index (χ0n) is 12.0. The first-order valence-corrected chi connectivity index (χ1v) is 6.45. The molecule has 0 saturated carbocycles. The molecule has 0 spiro atoms. The number of methoxy groups -OCH3 is 2. The van der Waals surface area contributed by atoms with Crippen LogP contribution in [0.25, 0.3) is 0 Å². The van der Waals surface area contributed by atoms with Crippen molar-refractivity contribution < 1.29 is 14.3 Å². The standard InChI is InChI=1S/C17H18O3/c1-12-5-4-6-13(9-12)10-15(18)14-7-8-16(19-2)17(11-14)20-3/h4-9,11H,10H2,1-3H3. The predicted molar refractivity (Wildman–Crippen MR) is 78.8 cm³/mol. The molecule has 0 N–H and O–H groups in total. The number of carbonyl (C=O) groups excluding carboxylic acids is 1. The maximum absolute atomic E-state index is 12.3. The molecule has 0 bridgehead atoms. The molecule has 0 unspecified atom stereocenters. The molecule has 0 heterocycles. The molecule has 0 aliphatic heterocycles. The molecule has 0 aliphatic rings. The molecule has 0 atom stereocenters. The number of hydrogen-bond acceptors (Lipinski definition) is 3. The first kappa shape index (κ1) is 14.1. The number of hydrogen-bond donors (Lipinski definition) is 0. The summed E-state index contributed by atoms with van der Waals surface area (Å²) < 4.78 is 10.4. The fourth-order valence-corrected chi connectivity index (χ4v) is 2.12. The first-order valence-electron chi connectivity index (χ1n) is 6.45. The van der Waals surface area contributed by atoms with Crippen LogP contribution in [0.5, 0.6) is 11.5 Å². The van der Waals surface area contributed by atoms with E-state index in [2.05, 4.69) is 0 Å². The van der Waals surface area contributed by atoms with E-state index in [9.17, 15) is 4.79 Å². The van der Waals surface area contributed by atoms with Gasteiger partial charge in [-0.05, 0) is 30.7 Å². The van der Waals surface area contributed by atoms with Gasteiger partial charge in [-0.15, -0.1) is 0 Å². The topological polar surface area (TPSA) is 35.5 Å². The smallest absolute Gasteiger partial charge is 0.167 e. The minimum absolute atomic E-state index is 0.0663. The molecule has 20 heavy (non-hydrogen) atoms. The van der Waals surface area contributed by atoms with Gasteiger partial charge in [0.15, 0.2) is 17.3 Å². The summed E-state index contributed by atoms with van der Waals surface area (Å²) in [6, 6.07) is 13.2. The van der Waals surface area contributed by atoms with Crippen molar-refractivity contribution in [3.05, 3.63) is 59.2 Å². The lowest BCUT2D eigenvalue weighted by atomic mass is 10.0.